The third-order valence-electron chi connectivity index (χ3n) is 1.87. The molecule has 6 heteroatoms. The summed E-state index contributed by atoms with van der Waals surface area (Å²) in [5.41, 5.74) is -2.12. The van der Waals surface area contributed by atoms with Crippen LogP contribution in [0.3, 0.4) is 0 Å². The summed E-state index contributed by atoms with van der Waals surface area (Å²) in [5.74, 6) is -1.71. The summed E-state index contributed by atoms with van der Waals surface area (Å²) < 4.78 is 0. The highest BCUT2D eigenvalue weighted by atomic mass is 16.4. The highest BCUT2D eigenvalue weighted by molar-refractivity contribution is 5.81. The van der Waals surface area contributed by atoms with Crippen molar-refractivity contribution in [2.75, 3.05) is 13.1 Å². The number of carboxylic acids is 1. The lowest BCUT2D eigenvalue weighted by Gasteiger charge is -2.22. The average Bonchev–Trinajstić information content (AvgIpc) is 2.10. The number of hydrogen-bond donors (Lipinski definition) is 4. The number of hydrogen-bond acceptors (Lipinski definition) is 4. The summed E-state index contributed by atoms with van der Waals surface area (Å²) in [4.78, 5) is 21.8. The van der Waals surface area contributed by atoms with Crippen molar-refractivity contribution in [2.24, 2.45) is 0 Å². The van der Waals surface area contributed by atoms with E-state index in [1.165, 1.54) is 0 Å². The van der Waals surface area contributed by atoms with E-state index in [2.05, 4.69) is 10.6 Å². The zero-order chi connectivity index (χ0) is 13.0. The fourth-order valence-corrected chi connectivity index (χ4v) is 0.754. The van der Waals surface area contributed by atoms with Crippen LogP contribution in [0.25, 0.3) is 0 Å². The molecule has 0 saturated carbocycles. The van der Waals surface area contributed by atoms with Crippen LogP contribution in [0.4, 0.5) is 0 Å². The van der Waals surface area contributed by atoms with Crippen molar-refractivity contribution in [3.63, 3.8) is 0 Å². The Morgan fingerprint density at radius 3 is 2.06 bits per heavy atom. The summed E-state index contributed by atoms with van der Waals surface area (Å²) in [6.45, 7) is 6.63. The SMILES string of the molecule is CC(C)(C)NCC(=O)NCC(C)(O)C(=O)O. The molecular formula is C10H20N2O4. The maximum absolute atomic E-state index is 11.3. The predicted octanol–water partition coefficient (Wildman–Crippen LogP) is -0.674. The molecule has 0 saturated heterocycles. The Balaban J connectivity index is 3.96. The summed E-state index contributed by atoms with van der Waals surface area (Å²) >= 11 is 0. The van der Waals surface area contributed by atoms with Gasteiger partial charge in [-0.25, -0.2) is 4.79 Å². The average molecular weight is 232 g/mol. The van der Waals surface area contributed by atoms with Crippen molar-refractivity contribution in [3.8, 4) is 0 Å². The molecule has 0 aliphatic heterocycles. The number of aliphatic carboxylic acids is 1. The van der Waals surface area contributed by atoms with Gasteiger partial charge in [0.2, 0.25) is 5.91 Å². The van der Waals surface area contributed by atoms with Gasteiger partial charge in [0.15, 0.2) is 5.60 Å². The Bertz CT molecular complexity index is 268. The number of amides is 1. The molecule has 1 unspecified atom stereocenters. The summed E-state index contributed by atoms with van der Waals surface area (Å²) in [6, 6.07) is 0. The number of carbonyl (C=O) groups is 2. The van der Waals surface area contributed by atoms with Crippen LogP contribution in [-0.4, -0.2) is 46.3 Å². The Labute approximate surface area is 95.0 Å². The summed E-state index contributed by atoms with van der Waals surface area (Å²) in [7, 11) is 0. The van der Waals surface area contributed by atoms with E-state index in [1.807, 2.05) is 20.8 Å². The summed E-state index contributed by atoms with van der Waals surface area (Å²) in [6.07, 6.45) is 0. The molecule has 0 heterocycles. The van der Waals surface area contributed by atoms with Crippen LogP contribution in [0.1, 0.15) is 27.7 Å². The van der Waals surface area contributed by atoms with E-state index in [0.717, 1.165) is 6.92 Å². The molecule has 0 aliphatic rings. The van der Waals surface area contributed by atoms with Gasteiger partial charge in [-0.15, -0.1) is 0 Å². The Hall–Kier alpha value is -1.14. The highest BCUT2D eigenvalue weighted by Gasteiger charge is 2.30. The fourth-order valence-electron chi connectivity index (χ4n) is 0.754. The van der Waals surface area contributed by atoms with Crippen molar-refractivity contribution in [3.05, 3.63) is 0 Å². The monoisotopic (exact) mass is 232 g/mol. The van der Waals surface area contributed by atoms with E-state index in [-0.39, 0.29) is 24.5 Å². The van der Waals surface area contributed by atoms with Gasteiger partial charge in [-0.05, 0) is 27.7 Å². The van der Waals surface area contributed by atoms with E-state index in [4.69, 9.17) is 5.11 Å². The minimum atomic E-state index is -1.93. The third kappa shape index (κ3) is 6.36. The van der Waals surface area contributed by atoms with Crippen molar-refractivity contribution in [1.82, 2.24) is 10.6 Å². The zero-order valence-corrected chi connectivity index (χ0v) is 10.1. The van der Waals surface area contributed by atoms with Crippen LogP contribution in [0, 0.1) is 0 Å². The maximum atomic E-state index is 11.3. The lowest BCUT2D eigenvalue weighted by atomic mass is 10.1. The number of rotatable bonds is 5. The molecule has 1 amide bonds. The lowest BCUT2D eigenvalue weighted by molar-refractivity contribution is -0.156. The molecule has 6 nitrogen and oxygen atoms in total. The topological polar surface area (TPSA) is 98.7 Å². The Kier molecular flexibility index (Phi) is 4.89. The zero-order valence-electron chi connectivity index (χ0n) is 10.1. The number of aliphatic hydroxyl groups is 1. The van der Waals surface area contributed by atoms with E-state index in [9.17, 15) is 14.7 Å². The van der Waals surface area contributed by atoms with E-state index < -0.39 is 11.6 Å². The first kappa shape index (κ1) is 14.9. The van der Waals surface area contributed by atoms with Crippen LogP contribution in [-0.2, 0) is 9.59 Å². The molecule has 0 spiro atoms. The predicted molar refractivity (Wildman–Crippen MR) is 59.0 cm³/mol. The molecule has 0 aromatic carbocycles. The smallest absolute Gasteiger partial charge is 0.337 e. The largest absolute Gasteiger partial charge is 0.479 e. The molecule has 0 radical (unpaired) electrons. The van der Waals surface area contributed by atoms with Crippen molar-refractivity contribution < 1.29 is 19.8 Å². The van der Waals surface area contributed by atoms with Gasteiger partial charge in [0.05, 0.1) is 13.1 Å². The van der Waals surface area contributed by atoms with Gasteiger partial charge in [0.1, 0.15) is 0 Å². The maximum Gasteiger partial charge on any atom is 0.337 e. The second kappa shape index (κ2) is 5.27. The Morgan fingerprint density at radius 1 is 1.19 bits per heavy atom. The van der Waals surface area contributed by atoms with Crippen molar-refractivity contribution in [1.29, 1.82) is 0 Å². The first-order chi connectivity index (χ1) is 7.04. The van der Waals surface area contributed by atoms with E-state index in [0.29, 0.717) is 0 Å². The Morgan fingerprint density at radius 2 is 1.69 bits per heavy atom. The molecule has 4 N–H and O–H groups in total. The quantitative estimate of drug-likeness (QED) is 0.504. The lowest BCUT2D eigenvalue weighted by Crippen LogP contribution is -2.50. The number of carboxylic acid groups (broad SMARTS) is 1. The van der Waals surface area contributed by atoms with Gasteiger partial charge in [0.25, 0.3) is 0 Å². The van der Waals surface area contributed by atoms with Gasteiger partial charge >= 0.3 is 5.97 Å². The molecule has 16 heavy (non-hydrogen) atoms. The highest BCUT2D eigenvalue weighted by Crippen LogP contribution is 2.00. The van der Waals surface area contributed by atoms with Gasteiger partial charge in [0, 0.05) is 5.54 Å². The van der Waals surface area contributed by atoms with Gasteiger partial charge < -0.3 is 20.8 Å². The standard InChI is InChI=1S/C10H20N2O4/c1-9(2,3)12-5-7(13)11-6-10(4,16)8(14)15/h12,16H,5-6H2,1-4H3,(H,11,13)(H,14,15). The first-order valence-corrected chi connectivity index (χ1v) is 5.02. The van der Waals surface area contributed by atoms with Gasteiger partial charge in [-0.3, -0.25) is 4.79 Å². The fraction of sp³-hybridized carbons (Fsp3) is 0.800. The van der Waals surface area contributed by atoms with Crippen LogP contribution in [0.2, 0.25) is 0 Å². The normalized spacial score (nSPS) is 15.3. The van der Waals surface area contributed by atoms with Crippen LogP contribution >= 0.6 is 0 Å². The van der Waals surface area contributed by atoms with E-state index in [1.54, 1.807) is 0 Å². The number of carbonyl (C=O) groups excluding carboxylic acids is 1. The molecule has 0 rings (SSSR count). The van der Waals surface area contributed by atoms with E-state index >= 15 is 0 Å². The third-order valence-corrected chi connectivity index (χ3v) is 1.87. The number of nitrogens with one attached hydrogen (secondary N) is 2. The van der Waals surface area contributed by atoms with Crippen molar-refractivity contribution >= 4 is 11.9 Å². The molecule has 0 aromatic heterocycles. The second-order valence-corrected chi connectivity index (χ2v) is 4.96. The molecule has 94 valence electrons. The van der Waals surface area contributed by atoms with Crippen LogP contribution in [0.15, 0.2) is 0 Å². The van der Waals surface area contributed by atoms with Gasteiger partial charge in [-0.1, -0.05) is 0 Å². The molecule has 0 bridgehead atoms. The molecular weight excluding hydrogens is 212 g/mol. The molecule has 0 fully saturated rings. The summed E-state index contributed by atoms with van der Waals surface area (Å²) in [5, 5.41) is 23.2. The minimum Gasteiger partial charge on any atom is -0.479 e. The van der Waals surface area contributed by atoms with Crippen LogP contribution in [0.5, 0.6) is 0 Å². The van der Waals surface area contributed by atoms with Crippen molar-refractivity contribution in [2.45, 2.75) is 38.8 Å². The molecule has 0 aliphatic carbocycles. The second-order valence-electron chi connectivity index (χ2n) is 4.96. The minimum absolute atomic E-state index is 0.0825. The van der Waals surface area contributed by atoms with Crippen LogP contribution < -0.4 is 10.6 Å². The van der Waals surface area contributed by atoms with Gasteiger partial charge in [-0.2, -0.15) is 0 Å². The first-order valence-electron chi connectivity index (χ1n) is 5.02. The molecule has 0 aromatic rings. The molecule has 1 atom stereocenters.